The lowest BCUT2D eigenvalue weighted by Crippen LogP contribution is -2.28. The monoisotopic (exact) mass is 436 g/mol. The summed E-state index contributed by atoms with van der Waals surface area (Å²) in [5, 5.41) is 3.81. The van der Waals surface area contributed by atoms with Crippen LogP contribution in [-0.4, -0.2) is 39.8 Å². The Hall–Kier alpha value is -4.06. The van der Waals surface area contributed by atoms with Gasteiger partial charge in [0.2, 0.25) is 0 Å². The largest absolute Gasteiger partial charge is 0.348 e. The number of pyridine rings is 2. The van der Waals surface area contributed by atoms with E-state index in [1.54, 1.807) is 12.4 Å². The molecule has 2 amide bonds. The van der Waals surface area contributed by atoms with E-state index < -0.39 is 0 Å². The first-order valence-electron chi connectivity index (χ1n) is 11.2. The van der Waals surface area contributed by atoms with E-state index in [0.717, 1.165) is 48.0 Å². The van der Waals surface area contributed by atoms with Crippen LogP contribution in [0.4, 0.5) is 0 Å². The van der Waals surface area contributed by atoms with Gasteiger partial charge in [0.1, 0.15) is 0 Å². The van der Waals surface area contributed by atoms with E-state index >= 15 is 0 Å². The first-order chi connectivity index (χ1) is 16.2. The number of fused-ring (bicyclic) bond motifs is 1. The number of hydrogen-bond acceptors (Lipinski definition) is 4. The Balaban J connectivity index is 1.39. The molecule has 3 heterocycles. The van der Waals surface area contributed by atoms with Gasteiger partial charge in [0.05, 0.1) is 16.8 Å². The summed E-state index contributed by atoms with van der Waals surface area (Å²) in [7, 11) is 0. The van der Waals surface area contributed by atoms with Crippen molar-refractivity contribution in [2.45, 2.75) is 19.4 Å². The third-order valence-electron chi connectivity index (χ3n) is 5.94. The Morgan fingerprint density at radius 1 is 0.939 bits per heavy atom. The molecule has 0 spiro atoms. The van der Waals surface area contributed by atoms with E-state index in [1.165, 1.54) is 0 Å². The molecule has 0 aliphatic carbocycles. The van der Waals surface area contributed by atoms with Crippen LogP contribution in [0.25, 0.3) is 22.2 Å². The molecule has 0 bridgehead atoms. The van der Waals surface area contributed by atoms with Crippen LogP contribution >= 0.6 is 0 Å². The summed E-state index contributed by atoms with van der Waals surface area (Å²) in [6, 6.07) is 20.7. The van der Waals surface area contributed by atoms with Crippen molar-refractivity contribution in [3.63, 3.8) is 0 Å². The number of amides is 2. The minimum Gasteiger partial charge on any atom is -0.348 e. The Labute approximate surface area is 192 Å². The molecule has 0 unspecified atom stereocenters. The predicted molar refractivity (Wildman–Crippen MR) is 128 cm³/mol. The second kappa shape index (κ2) is 9.20. The molecule has 1 aliphatic heterocycles. The van der Waals surface area contributed by atoms with E-state index in [2.05, 4.69) is 10.3 Å². The smallest absolute Gasteiger partial charge is 0.253 e. The molecule has 1 N–H and O–H groups in total. The van der Waals surface area contributed by atoms with Crippen molar-refractivity contribution < 1.29 is 9.59 Å². The van der Waals surface area contributed by atoms with Gasteiger partial charge in [-0.3, -0.25) is 14.6 Å². The van der Waals surface area contributed by atoms with Crippen molar-refractivity contribution >= 4 is 22.7 Å². The number of nitrogens with zero attached hydrogens (tertiary/aromatic N) is 3. The Morgan fingerprint density at radius 3 is 2.61 bits per heavy atom. The quantitative estimate of drug-likeness (QED) is 0.501. The zero-order valence-electron chi connectivity index (χ0n) is 18.2. The third kappa shape index (κ3) is 4.46. The highest BCUT2D eigenvalue weighted by atomic mass is 16.2. The van der Waals surface area contributed by atoms with Crippen LogP contribution in [0.15, 0.2) is 79.1 Å². The van der Waals surface area contributed by atoms with Gasteiger partial charge in [-0.15, -0.1) is 0 Å². The van der Waals surface area contributed by atoms with Crippen molar-refractivity contribution in [3.05, 3.63) is 95.8 Å². The van der Waals surface area contributed by atoms with Crippen LogP contribution in [0.2, 0.25) is 0 Å². The van der Waals surface area contributed by atoms with Crippen LogP contribution in [0.1, 0.15) is 39.1 Å². The molecule has 0 radical (unpaired) electrons. The number of nitrogens with one attached hydrogen (secondary N) is 1. The summed E-state index contributed by atoms with van der Waals surface area (Å²) in [4.78, 5) is 36.7. The van der Waals surface area contributed by atoms with Gasteiger partial charge in [0.25, 0.3) is 11.8 Å². The summed E-state index contributed by atoms with van der Waals surface area (Å²) >= 11 is 0. The maximum absolute atomic E-state index is 13.2. The van der Waals surface area contributed by atoms with Gasteiger partial charge in [-0.1, -0.05) is 30.3 Å². The predicted octanol–water partition coefficient (Wildman–Crippen LogP) is 4.46. The minimum absolute atomic E-state index is 0.0573. The molecule has 1 aliphatic rings. The van der Waals surface area contributed by atoms with E-state index in [1.807, 2.05) is 71.6 Å². The second-order valence-electron chi connectivity index (χ2n) is 8.20. The summed E-state index contributed by atoms with van der Waals surface area (Å²) < 4.78 is 0. The first-order valence-corrected chi connectivity index (χ1v) is 11.2. The molecule has 6 heteroatoms. The number of rotatable bonds is 5. The number of hydrogen-bond donors (Lipinski definition) is 1. The van der Waals surface area contributed by atoms with Crippen LogP contribution in [0, 0.1) is 0 Å². The molecule has 2 aromatic heterocycles. The zero-order valence-corrected chi connectivity index (χ0v) is 18.2. The van der Waals surface area contributed by atoms with Crippen molar-refractivity contribution in [3.8, 4) is 11.3 Å². The Bertz CT molecular complexity index is 1310. The molecule has 1 saturated heterocycles. The van der Waals surface area contributed by atoms with Crippen molar-refractivity contribution in [2.24, 2.45) is 0 Å². The molecule has 0 atom stereocenters. The number of aromatic nitrogens is 2. The van der Waals surface area contributed by atoms with Crippen molar-refractivity contribution in [1.82, 2.24) is 20.2 Å². The SMILES string of the molecule is O=C(NCc1cccc(C(=O)N2CCCC2)c1)c1cc(-c2cccnc2)nc2ccccc12. The number of para-hydroxylation sites is 1. The van der Waals surface area contributed by atoms with Crippen LogP contribution in [-0.2, 0) is 6.54 Å². The lowest BCUT2D eigenvalue weighted by atomic mass is 10.0. The fourth-order valence-electron chi connectivity index (χ4n) is 4.22. The van der Waals surface area contributed by atoms with E-state index in [9.17, 15) is 9.59 Å². The lowest BCUT2D eigenvalue weighted by molar-refractivity contribution is 0.0792. The van der Waals surface area contributed by atoms with Gasteiger partial charge in [0.15, 0.2) is 0 Å². The topological polar surface area (TPSA) is 75.2 Å². The maximum Gasteiger partial charge on any atom is 0.253 e. The molecule has 6 nitrogen and oxygen atoms in total. The summed E-state index contributed by atoms with van der Waals surface area (Å²) in [5.41, 5.74) is 4.41. The Morgan fingerprint density at radius 2 is 1.79 bits per heavy atom. The number of carbonyl (C=O) groups excluding carboxylic acids is 2. The number of carbonyl (C=O) groups is 2. The molecule has 4 aromatic rings. The van der Waals surface area contributed by atoms with Crippen LogP contribution in [0.3, 0.4) is 0 Å². The summed E-state index contributed by atoms with van der Waals surface area (Å²) in [5.74, 6) is -0.128. The zero-order chi connectivity index (χ0) is 22.6. The highest BCUT2D eigenvalue weighted by molar-refractivity contribution is 6.07. The molecule has 33 heavy (non-hydrogen) atoms. The van der Waals surface area contributed by atoms with Crippen molar-refractivity contribution in [2.75, 3.05) is 13.1 Å². The second-order valence-corrected chi connectivity index (χ2v) is 8.20. The minimum atomic E-state index is -0.185. The van der Waals surface area contributed by atoms with Crippen LogP contribution < -0.4 is 5.32 Å². The molecular formula is C27H24N4O2. The molecule has 1 fully saturated rings. The molecule has 2 aromatic carbocycles. The molecule has 164 valence electrons. The normalized spacial score (nSPS) is 13.3. The highest BCUT2D eigenvalue weighted by Crippen LogP contribution is 2.24. The highest BCUT2D eigenvalue weighted by Gasteiger charge is 2.20. The van der Waals surface area contributed by atoms with Gasteiger partial charge < -0.3 is 10.2 Å². The number of likely N-dealkylation sites (tertiary alicyclic amines) is 1. The maximum atomic E-state index is 13.2. The third-order valence-corrected chi connectivity index (χ3v) is 5.94. The molecule has 0 saturated carbocycles. The van der Waals surface area contributed by atoms with Crippen molar-refractivity contribution in [1.29, 1.82) is 0 Å². The molecule has 5 rings (SSSR count). The van der Waals surface area contributed by atoms with Gasteiger partial charge >= 0.3 is 0 Å². The van der Waals surface area contributed by atoms with Gasteiger partial charge in [0, 0.05) is 48.5 Å². The van der Waals surface area contributed by atoms with E-state index in [4.69, 9.17) is 4.98 Å². The van der Waals surface area contributed by atoms with E-state index in [-0.39, 0.29) is 11.8 Å². The average Bonchev–Trinajstić information content (AvgIpc) is 3.42. The van der Waals surface area contributed by atoms with Gasteiger partial charge in [-0.25, -0.2) is 4.98 Å². The number of benzene rings is 2. The molecular weight excluding hydrogens is 412 g/mol. The lowest BCUT2D eigenvalue weighted by Gasteiger charge is -2.16. The van der Waals surface area contributed by atoms with Crippen LogP contribution in [0.5, 0.6) is 0 Å². The Kier molecular flexibility index (Phi) is 5.81. The fourth-order valence-corrected chi connectivity index (χ4v) is 4.22. The first kappa shape index (κ1) is 20.8. The fraction of sp³-hybridized carbons (Fsp3) is 0.185. The standard InChI is InChI=1S/C27H24N4O2/c32-26(29-17-19-7-5-8-20(15-19)27(33)31-13-3-4-14-31)23-16-25(21-9-6-12-28-18-21)30-24-11-2-1-10-22(23)24/h1-2,5-12,15-16,18H,3-4,13-14,17H2,(H,29,32). The van der Waals surface area contributed by atoms with E-state index in [0.29, 0.717) is 23.4 Å². The summed E-state index contributed by atoms with van der Waals surface area (Å²) in [6.07, 6.45) is 5.56. The summed E-state index contributed by atoms with van der Waals surface area (Å²) in [6.45, 7) is 1.96. The van der Waals surface area contributed by atoms with Gasteiger partial charge in [-0.05, 0) is 54.8 Å². The van der Waals surface area contributed by atoms with Gasteiger partial charge in [-0.2, -0.15) is 0 Å². The average molecular weight is 437 g/mol.